The number of benzene rings is 1. The molecule has 2 aromatic heterocycles. The number of H-pyrrole nitrogens is 1. The Labute approximate surface area is 121 Å². The van der Waals surface area contributed by atoms with Crippen LogP contribution in [0.4, 0.5) is 0 Å². The van der Waals surface area contributed by atoms with Crippen molar-refractivity contribution < 1.29 is 9.90 Å². The molecule has 104 valence electrons. The molecule has 0 saturated carbocycles. The summed E-state index contributed by atoms with van der Waals surface area (Å²) in [5, 5.41) is 9.05. The first-order chi connectivity index (χ1) is 10.3. The molecule has 0 atom stereocenters. The van der Waals surface area contributed by atoms with Crippen LogP contribution in [-0.2, 0) is 6.61 Å². The molecular weight excluding hydrogens is 266 g/mol. The second-order valence-corrected chi connectivity index (χ2v) is 4.55. The van der Waals surface area contributed by atoms with Gasteiger partial charge in [-0.25, -0.2) is 4.98 Å². The van der Waals surface area contributed by atoms with Crippen molar-refractivity contribution in [2.75, 3.05) is 0 Å². The van der Waals surface area contributed by atoms with Crippen molar-refractivity contribution in [3.05, 3.63) is 71.9 Å². The fourth-order valence-electron chi connectivity index (χ4n) is 2.04. The largest absolute Gasteiger partial charge is 0.392 e. The van der Waals surface area contributed by atoms with E-state index in [2.05, 4.69) is 15.0 Å². The minimum absolute atomic E-state index is 0.00469. The second-order valence-electron chi connectivity index (χ2n) is 4.55. The third-order valence-corrected chi connectivity index (χ3v) is 3.17. The van der Waals surface area contributed by atoms with E-state index in [9.17, 15) is 4.79 Å². The Morgan fingerprint density at radius 2 is 1.90 bits per heavy atom. The molecule has 3 aromatic rings. The van der Waals surface area contributed by atoms with Gasteiger partial charge < -0.3 is 10.1 Å². The Kier molecular flexibility index (Phi) is 3.57. The predicted molar refractivity (Wildman–Crippen MR) is 77.6 cm³/mol. The number of nitrogens with one attached hydrogen (secondary N) is 1. The van der Waals surface area contributed by atoms with Crippen LogP contribution < -0.4 is 0 Å². The number of aromatic amines is 1. The van der Waals surface area contributed by atoms with Gasteiger partial charge in [0, 0.05) is 29.7 Å². The van der Waals surface area contributed by atoms with Crippen molar-refractivity contribution in [2.45, 2.75) is 6.61 Å². The maximum absolute atomic E-state index is 12.2. The Bertz CT molecular complexity index is 749. The molecular formula is C16H13N3O2. The smallest absolute Gasteiger partial charge is 0.228 e. The number of carbonyl (C=O) groups excluding carboxylic acids is 1. The molecule has 0 fully saturated rings. The van der Waals surface area contributed by atoms with E-state index >= 15 is 0 Å². The summed E-state index contributed by atoms with van der Waals surface area (Å²) in [5.41, 5.74) is 2.96. The summed E-state index contributed by atoms with van der Waals surface area (Å²) in [6.45, 7) is 0.00469. The Hall–Kier alpha value is -2.79. The molecule has 0 bridgehead atoms. The lowest BCUT2D eigenvalue weighted by molar-refractivity contribution is 0.103. The topological polar surface area (TPSA) is 78.9 Å². The van der Waals surface area contributed by atoms with Gasteiger partial charge in [-0.1, -0.05) is 24.3 Å². The Morgan fingerprint density at radius 1 is 1.10 bits per heavy atom. The van der Waals surface area contributed by atoms with Crippen molar-refractivity contribution in [3.8, 4) is 11.3 Å². The summed E-state index contributed by atoms with van der Waals surface area (Å²) in [6.07, 6.45) is 4.76. The average Bonchev–Trinajstić information content (AvgIpc) is 3.09. The maximum Gasteiger partial charge on any atom is 0.228 e. The minimum Gasteiger partial charge on any atom is -0.392 e. The van der Waals surface area contributed by atoms with Crippen LogP contribution in [-0.4, -0.2) is 25.8 Å². The molecule has 5 nitrogen and oxygen atoms in total. The van der Waals surface area contributed by atoms with Crippen LogP contribution in [0.15, 0.2) is 55.0 Å². The van der Waals surface area contributed by atoms with Crippen molar-refractivity contribution >= 4 is 5.78 Å². The van der Waals surface area contributed by atoms with E-state index in [-0.39, 0.29) is 12.4 Å². The Morgan fingerprint density at radius 3 is 2.57 bits per heavy atom. The highest BCUT2D eigenvalue weighted by Crippen LogP contribution is 2.19. The molecule has 2 N–H and O–H groups in total. The standard InChI is InChI=1S/C16H13N3O2/c20-10-11-1-3-12(4-2-11)14-9-13(5-6-17-14)15(21)16-18-7-8-19-16/h1-9,20H,10H2,(H,18,19). The van der Waals surface area contributed by atoms with Crippen molar-refractivity contribution in [1.29, 1.82) is 0 Å². The number of hydrogen-bond acceptors (Lipinski definition) is 4. The molecule has 2 heterocycles. The molecule has 3 rings (SSSR count). The first-order valence-corrected chi connectivity index (χ1v) is 6.48. The number of imidazole rings is 1. The number of hydrogen-bond donors (Lipinski definition) is 2. The number of aromatic nitrogens is 3. The molecule has 0 amide bonds. The first kappa shape index (κ1) is 13.2. The van der Waals surface area contributed by atoms with Crippen LogP contribution in [0, 0.1) is 0 Å². The van der Waals surface area contributed by atoms with E-state index in [0.29, 0.717) is 17.1 Å². The zero-order valence-electron chi connectivity index (χ0n) is 11.2. The average molecular weight is 279 g/mol. The van der Waals surface area contributed by atoms with Gasteiger partial charge >= 0.3 is 0 Å². The molecule has 0 unspecified atom stereocenters. The van der Waals surface area contributed by atoms with Crippen LogP contribution in [0.1, 0.15) is 21.7 Å². The summed E-state index contributed by atoms with van der Waals surface area (Å²) in [4.78, 5) is 23.3. The highest BCUT2D eigenvalue weighted by molar-refractivity contribution is 6.06. The van der Waals surface area contributed by atoms with Gasteiger partial charge in [-0.05, 0) is 17.7 Å². The highest BCUT2D eigenvalue weighted by Gasteiger charge is 2.12. The maximum atomic E-state index is 12.2. The van der Waals surface area contributed by atoms with Crippen molar-refractivity contribution in [3.63, 3.8) is 0 Å². The third-order valence-electron chi connectivity index (χ3n) is 3.17. The van der Waals surface area contributed by atoms with Gasteiger partial charge in [0.1, 0.15) is 0 Å². The molecule has 0 aliphatic rings. The number of ketones is 1. The molecule has 0 aliphatic carbocycles. The fraction of sp³-hybridized carbons (Fsp3) is 0.0625. The van der Waals surface area contributed by atoms with Crippen LogP contribution in [0.3, 0.4) is 0 Å². The van der Waals surface area contributed by atoms with Gasteiger partial charge in [0.05, 0.1) is 12.3 Å². The normalized spacial score (nSPS) is 10.5. The number of pyridine rings is 1. The van der Waals surface area contributed by atoms with Crippen LogP contribution in [0.25, 0.3) is 11.3 Å². The van der Waals surface area contributed by atoms with Gasteiger partial charge in [-0.2, -0.15) is 0 Å². The van der Waals surface area contributed by atoms with E-state index in [1.807, 2.05) is 24.3 Å². The summed E-state index contributed by atoms with van der Waals surface area (Å²) in [7, 11) is 0. The molecule has 21 heavy (non-hydrogen) atoms. The fourth-order valence-corrected chi connectivity index (χ4v) is 2.04. The zero-order chi connectivity index (χ0) is 14.7. The monoisotopic (exact) mass is 279 g/mol. The van der Waals surface area contributed by atoms with Crippen LogP contribution in [0.2, 0.25) is 0 Å². The second kappa shape index (κ2) is 5.68. The molecule has 5 heteroatoms. The number of nitrogens with zero attached hydrogens (tertiary/aromatic N) is 2. The zero-order valence-corrected chi connectivity index (χ0v) is 11.2. The molecule has 0 radical (unpaired) electrons. The van der Waals surface area contributed by atoms with E-state index in [1.54, 1.807) is 30.7 Å². The molecule has 0 spiro atoms. The third kappa shape index (κ3) is 2.73. The van der Waals surface area contributed by atoms with E-state index in [4.69, 9.17) is 5.11 Å². The highest BCUT2D eigenvalue weighted by atomic mass is 16.3. The number of aliphatic hydroxyl groups is 1. The summed E-state index contributed by atoms with van der Waals surface area (Å²) in [5.74, 6) is 0.137. The number of rotatable bonds is 4. The first-order valence-electron chi connectivity index (χ1n) is 6.48. The number of aliphatic hydroxyl groups excluding tert-OH is 1. The van der Waals surface area contributed by atoms with Gasteiger partial charge in [0.15, 0.2) is 5.82 Å². The molecule has 0 saturated heterocycles. The lowest BCUT2D eigenvalue weighted by Gasteiger charge is -2.04. The van der Waals surface area contributed by atoms with Crippen LogP contribution >= 0.6 is 0 Å². The lowest BCUT2D eigenvalue weighted by atomic mass is 10.1. The van der Waals surface area contributed by atoms with Gasteiger partial charge in [-0.3, -0.25) is 9.78 Å². The summed E-state index contributed by atoms with van der Waals surface area (Å²) < 4.78 is 0. The lowest BCUT2D eigenvalue weighted by Crippen LogP contribution is -2.04. The Balaban J connectivity index is 1.94. The quantitative estimate of drug-likeness (QED) is 0.717. The van der Waals surface area contributed by atoms with Crippen molar-refractivity contribution in [1.82, 2.24) is 15.0 Å². The van der Waals surface area contributed by atoms with Gasteiger partial charge in [-0.15, -0.1) is 0 Å². The van der Waals surface area contributed by atoms with E-state index in [1.165, 1.54) is 0 Å². The summed E-state index contributed by atoms with van der Waals surface area (Å²) in [6, 6.07) is 10.8. The SMILES string of the molecule is O=C(c1ccnc(-c2ccc(CO)cc2)c1)c1ncc[nH]1. The van der Waals surface area contributed by atoms with E-state index < -0.39 is 0 Å². The van der Waals surface area contributed by atoms with Crippen molar-refractivity contribution in [2.24, 2.45) is 0 Å². The minimum atomic E-state index is -0.171. The number of carbonyl (C=O) groups is 1. The van der Waals surface area contributed by atoms with E-state index in [0.717, 1.165) is 11.1 Å². The molecule has 1 aromatic carbocycles. The summed E-state index contributed by atoms with van der Waals surface area (Å²) >= 11 is 0. The van der Waals surface area contributed by atoms with Gasteiger partial charge in [0.25, 0.3) is 0 Å². The van der Waals surface area contributed by atoms with Gasteiger partial charge in [0.2, 0.25) is 5.78 Å². The molecule has 0 aliphatic heterocycles. The van der Waals surface area contributed by atoms with Crippen LogP contribution in [0.5, 0.6) is 0 Å². The predicted octanol–water partition coefficient (Wildman–Crippen LogP) is 2.19.